The molecule has 0 spiro atoms. The fourth-order valence-corrected chi connectivity index (χ4v) is 10.7. The zero-order valence-electron chi connectivity index (χ0n) is 24.0. The number of rotatable bonds is 17. The molecule has 0 N–H and O–H groups in total. The molecule has 0 heterocycles. The van der Waals surface area contributed by atoms with Gasteiger partial charge in [0.15, 0.2) is 13.6 Å². The smallest absolute Gasteiger partial charge is 0.200 e. The van der Waals surface area contributed by atoms with Crippen LogP contribution in [0.5, 0.6) is 11.5 Å². The standard InChI is InChI=1S/C29H50O5Si/c1-20(2)13-14-27(21(3)4)28-16-26(32-18-30-11)15-25(29(28)33-19-31-12)17-34-35(22(5)6,23(7)8)24(9)10/h15-16,22-24,27H,1,3,13-14,17-19H2,2,4-12H3/t27-/m0/s1. The number of hydrogen-bond donors (Lipinski definition) is 0. The van der Waals surface area contributed by atoms with E-state index in [-0.39, 0.29) is 19.5 Å². The largest absolute Gasteiger partial charge is 0.468 e. The summed E-state index contributed by atoms with van der Waals surface area (Å²) in [6, 6.07) is 4.06. The number of allylic oxidation sites excluding steroid dienone is 2. The lowest BCUT2D eigenvalue weighted by atomic mass is 9.86. The molecule has 0 saturated heterocycles. The fourth-order valence-electron chi connectivity index (χ4n) is 5.31. The van der Waals surface area contributed by atoms with Crippen LogP contribution in [0, 0.1) is 0 Å². The number of hydrogen-bond acceptors (Lipinski definition) is 5. The Balaban J connectivity index is 3.66. The van der Waals surface area contributed by atoms with Gasteiger partial charge in [-0.1, -0.05) is 59.3 Å². The maximum atomic E-state index is 6.97. The van der Waals surface area contributed by atoms with E-state index in [1.807, 2.05) is 12.1 Å². The lowest BCUT2D eigenvalue weighted by molar-refractivity contribution is 0.0461. The van der Waals surface area contributed by atoms with Gasteiger partial charge in [-0.25, -0.2) is 0 Å². The normalized spacial score (nSPS) is 12.9. The topological polar surface area (TPSA) is 46.2 Å². The maximum absolute atomic E-state index is 6.97. The van der Waals surface area contributed by atoms with E-state index >= 15 is 0 Å². The summed E-state index contributed by atoms with van der Waals surface area (Å²) in [6.45, 7) is 27.1. The van der Waals surface area contributed by atoms with Gasteiger partial charge in [0.1, 0.15) is 11.5 Å². The van der Waals surface area contributed by atoms with E-state index < -0.39 is 8.32 Å². The van der Waals surface area contributed by atoms with Crippen LogP contribution in [0.25, 0.3) is 0 Å². The summed E-state index contributed by atoms with van der Waals surface area (Å²) in [5.74, 6) is 1.62. The van der Waals surface area contributed by atoms with Gasteiger partial charge in [0, 0.05) is 31.3 Å². The van der Waals surface area contributed by atoms with Crippen molar-refractivity contribution >= 4 is 8.32 Å². The number of benzene rings is 1. The Bertz CT molecular complexity index is 794. The van der Waals surface area contributed by atoms with Crippen molar-refractivity contribution in [2.75, 3.05) is 27.8 Å². The molecule has 0 unspecified atom stereocenters. The third kappa shape index (κ3) is 8.48. The van der Waals surface area contributed by atoms with Crippen LogP contribution in [-0.4, -0.2) is 36.1 Å². The van der Waals surface area contributed by atoms with Gasteiger partial charge in [-0.05, 0) is 55.4 Å². The van der Waals surface area contributed by atoms with E-state index in [4.69, 9.17) is 23.4 Å². The van der Waals surface area contributed by atoms with Crippen LogP contribution in [-0.2, 0) is 20.5 Å². The van der Waals surface area contributed by atoms with Gasteiger partial charge in [0.05, 0.1) is 6.61 Å². The molecular formula is C29H50O5Si. The van der Waals surface area contributed by atoms with Gasteiger partial charge in [0.25, 0.3) is 0 Å². The summed E-state index contributed by atoms with van der Waals surface area (Å²) < 4.78 is 29.6. The Kier molecular flexibility index (Phi) is 13.3. The molecule has 6 heteroatoms. The molecule has 1 atom stereocenters. The minimum Gasteiger partial charge on any atom is -0.468 e. The van der Waals surface area contributed by atoms with Crippen LogP contribution in [0.1, 0.15) is 85.3 Å². The zero-order chi connectivity index (χ0) is 26.8. The quantitative estimate of drug-likeness (QED) is 0.121. The van der Waals surface area contributed by atoms with E-state index in [1.54, 1.807) is 14.2 Å². The lowest BCUT2D eigenvalue weighted by Crippen LogP contribution is -2.47. The third-order valence-electron chi connectivity index (χ3n) is 6.85. The van der Waals surface area contributed by atoms with Gasteiger partial charge >= 0.3 is 0 Å². The highest BCUT2D eigenvalue weighted by Crippen LogP contribution is 2.45. The molecule has 0 aromatic heterocycles. The van der Waals surface area contributed by atoms with Crippen LogP contribution >= 0.6 is 0 Å². The van der Waals surface area contributed by atoms with Crippen molar-refractivity contribution in [2.45, 2.75) is 97.4 Å². The molecule has 0 fully saturated rings. The van der Waals surface area contributed by atoms with Crippen LogP contribution < -0.4 is 9.47 Å². The molecule has 0 saturated carbocycles. The van der Waals surface area contributed by atoms with Gasteiger partial charge in [-0.2, -0.15) is 0 Å². The van der Waals surface area contributed by atoms with E-state index in [0.29, 0.717) is 23.2 Å². The first-order chi connectivity index (χ1) is 16.4. The molecule has 0 amide bonds. The molecule has 1 aromatic carbocycles. The van der Waals surface area contributed by atoms with E-state index in [1.165, 1.54) is 0 Å². The van der Waals surface area contributed by atoms with Crippen molar-refractivity contribution in [3.8, 4) is 11.5 Å². The molecule has 0 aliphatic heterocycles. The molecule has 0 aliphatic rings. The third-order valence-corrected chi connectivity index (χ3v) is 12.9. The van der Waals surface area contributed by atoms with Crippen molar-refractivity contribution in [3.05, 3.63) is 47.6 Å². The Labute approximate surface area is 216 Å². The molecule has 1 rings (SSSR count). The van der Waals surface area contributed by atoms with E-state index in [9.17, 15) is 0 Å². The minimum absolute atomic E-state index is 0.0886. The Morgan fingerprint density at radius 3 is 1.86 bits per heavy atom. The van der Waals surface area contributed by atoms with Crippen molar-refractivity contribution in [3.63, 3.8) is 0 Å². The Morgan fingerprint density at radius 2 is 1.40 bits per heavy atom. The summed E-state index contributed by atoms with van der Waals surface area (Å²) in [7, 11) is 1.17. The van der Waals surface area contributed by atoms with Gasteiger partial charge in [-0.15, -0.1) is 6.58 Å². The van der Waals surface area contributed by atoms with Crippen LogP contribution in [0.15, 0.2) is 36.4 Å². The Morgan fingerprint density at radius 1 is 0.857 bits per heavy atom. The van der Waals surface area contributed by atoms with Crippen molar-refractivity contribution in [1.82, 2.24) is 0 Å². The van der Waals surface area contributed by atoms with Gasteiger partial charge in [-0.3, -0.25) is 0 Å². The first-order valence-electron chi connectivity index (χ1n) is 12.8. The first kappa shape index (κ1) is 31.4. The molecule has 200 valence electrons. The summed E-state index contributed by atoms with van der Waals surface area (Å²) in [5.41, 5.74) is 5.66. The van der Waals surface area contributed by atoms with Gasteiger partial charge in [0.2, 0.25) is 8.32 Å². The van der Waals surface area contributed by atoms with Crippen LogP contribution in [0.2, 0.25) is 16.6 Å². The second-order valence-corrected chi connectivity index (χ2v) is 16.1. The molecule has 5 nitrogen and oxygen atoms in total. The average molecular weight is 507 g/mol. The zero-order valence-corrected chi connectivity index (χ0v) is 25.0. The second-order valence-electron chi connectivity index (χ2n) is 10.6. The molecular weight excluding hydrogens is 456 g/mol. The molecule has 0 radical (unpaired) electrons. The summed E-state index contributed by atoms with van der Waals surface area (Å²) in [5, 5.41) is 0. The van der Waals surface area contributed by atoms with Crippen LogP contribution in [0.3, 0.4) is 0 Å². The fraction of sp³-hybridized carbons (Fsp3) is 0.655. The highest BCUT2D eigenvalue weighted by Gasteiger charge is 2.45. The van der Waals surface area contributed by atoms with E-state index in [0.717, 1.165) is 46.6 Å². The highest BCUT2D eigenvalue weighted by molar-refractivity contribution is 6.77. The Hall–Kier alpha value is -1.60. The van der Waals surface area contributed by atoms with Crippen molar-refractivity contribution < 1.29 is 23.4 Å². The molecule has 0 aliphatic carbocycles. The predicted molar refractivity (Wildman–Crippen MR) is 149 cm³/mol. The predicted octanol–water partition coefficient (Wildman–Crippen LogP) is 8.36. The van der Waals surface area contributed by atoms with E-state index in [2.05, 4.69) is 68.5 Å². The second kappa shape index (κ2) is 14.8. The summed E-state index contributed by atoms with van der Waals surface area (Å²) in [6.07, 6.45) is 1.80. The number of ether oxygens (including phenoxy) is 4. The van der Waals surface area contributed by atoms with Crippen molar-refractivity contribution in [1.29, 1.82) is 0 Å². The van der Waals surface area contributed by atoms with Crippen molar-refractivity contribution in [2.24, 2.45) is 0 Å². The SMILES string of the molecule is C=C(C)CC[C@@H](C(=C)C)c1cc(OCOC)cc(CO[Si](C(C)C)(C(C)C)C(C)C)c1OCOC. The number of methoxy groups -OCH3 is 2. The monoisotopic (exact) mass is 506 g/mol. The van der Waals surface area contributed by atoms with Crippen LogP contribution in [0.4, 0.5) is 0 Å². The first-order valence-corrected chi connectivity index (χ1v) is 14.9. The molecule has 0 bridgehead atoms. The lowest BCUT2D eigenvalue weighted by Gasteiger charge is -2.42. The van der Waals surface area contributed by atoms with Gasteiger partial charge < -0.3 is 23.4 Å². The molecule has 35 heavy (non-hydrogen) atoms. The average Bonchev–Trinajstić information content (AvgIpc) is 2.76. The summed E-state index contributed by atoms with van der Waals surface area (Å²) in [4.78, 5) is 0. The molecule has 1 aromatic rings. The maximum Gasteiger partial charge on any atom is 0.200 e. The minimum atomic E-state index is -2.09. The highest BCUT2D eigenvalue weighted by atomic mass is 28.4. The summed E-state index contributed by atoms with van der Waals surface area (Å²) >= 11 is 0.